The number of nitrogens with zero attached hydrogens (tertiary/aromatic N) is 4. The van der Waals surface area contributed by atoms with Crippen molar-refractivity contribution in [1.29, 1.82) is 0 Å². The average Bonchev–Trinajstić information content (AvgIpc) is 2.98. The Balaban J connectivity index is 1.41. The van der Waals surface area contributed by atoms with Crippen LogP contribution in [0.5, 0.6) is 0 Å². The Hall–Kier alpha value is -1.69. The number of piperidine rings is 1. The Morgan fingerprint density at radius 2 is 1.85 bits per heavy atom. The highest BCUT2D eigenvalue weighted by Crippen LogP contribution is 2.38. The molecule has 1 amide bonds. The van der Waals surface area contributed by atoms with Gasteiger partial charge in [0.1, 0.15) is 5.60 Å². The van der Waals surface area contributed by atoms with Crippen LogP contribution >= 0.6 is 0 Å². The smallest absolute Gasteiger partial charge is 0.416 e. The normalized spacial score (nSPS) is 24.4. The summed E-state index contributed by atoms with van der Waals surface area (Å²) in [6.45, 7) is 7.36. The molecule has 4 rings (SSSR count). The van der Waals surface area contributed by atoms with Crippen molar-refractivity contribution in [2.45, 2.75) is 76.4 Å². The molecule has 1 aromatic heterocycles. The molecule has 3 aliphatic rings. The highest BCUT2D eigenvalue weighted by Gasteiger charge is 2.46. The largest absolute Gasteiger partial charge is 0.441 e. The number of anilines is 1. The number of ether oxygens (including phenoxy) is 1. The van der Waals surface area contributed by atoms with Crippen molar-refractivity contribution in [3.05, 3.63) is 18.1 Å². The van der Waals surface area contributed by atoms with Crippen LogP contribution in [0.3, 0.4) is 0 Å². The van der Waals surface area contributed by atoms with Gasteiger partial charge in [0.2, 0.25) is 0 Å². The Morgan fingerprint density at radius 3 is 2.46 bits per heavy atom. The van der Waals surface area contributed by atoms with Gasteiger partial charge in [-0.25, -0.2) is 9.78 Å². The summed E-state index contributed by atoms with van der Waals surface area (Å²) in [4.78, 5) is 25.8. The van der Waals surface area contributed by atoms with Crippen molar-refractivity contribution < 1.29 is 9.53 Å². The zero-order valence-corrected chi connectivity index (χ0v) is 16.0. The molecule has 3 heterocycles. The number of carbonyl (C=O) groups excluding carboxylic acids is 1. The maximum absolute atomic E-state index is 12.4. The highest BCUT2D eigenvalue weighted by molar-refractivity contribution is 5.89. The van der Waals surface area contributed by atoms with Crippen LogP contribution in [-0.4, -0.2) is 52.2 Å². The van der Waals surface area contributed by atoms with Crippen LogP contribution in [0.25, 0.3) is 0 Å². The molecule has 2 saturated heterocycles. The Labute approximate surface area is 155 Å². The number of hydrogen-bond donors (Lipinski definition) is 0. The molecule has 1 saturated carbocycles. The lowest BCUT2D eigenvalue weighted by atomic mass is 9.85. The molecule has 26 heavy (non-hydrogen) atoms. The molecule has 1 aromatic rings. The maximum atomic E-state index is 12.4. The van der Waals surface area contributed by atoms with Crippen LogP contribution in [0.2, 0.25) is 0 Å². The van der Waals surface area contributed by atoms with E-state index in [1.54, 1.807) is 11.1 Å². The molecule has 3 fully saturated rings. The molecule has 0 bridgehead atoms. The van der Waals surface area contributed by atoms with E-state index in [0.29, 0.717) is 24.3 Å². The number of carbonyl (C=O) groups is 1. The van der Waals surface area contributed by atoms with Gasteiger partial charge in [-0.15, -0.1) is 0 Å². The van der Waals surface area contributed by atoms with Crippen molar-refractivity contribution in [3.63, 3.8) is 0 Å². The number of hydrogen-bond acceptors (Lipinski definition) is 5. The third kappa shape index (κ3) is 3.43. The summed E-state index contributed by atoms with van der Waals surface area (Å²) in [5.74, 6) is 1.10. The summed E-state index contributed by atoms with van der Waals surface area (Å²) < 4.78 is 5.75. The molecular formula is C20H30N4O2. The summed E-state index contributed by atoms with van der Waals surface area (Å²) in [6, 6.07) is 0.609. The predicted octanol–water partition coefficient (Wildman–Crippen LogP) is 3.72. The van der Waals surface area contributed by atoms with Gasteiger partial charge in [0, 0.05) is 12.0 Å². The fraction of sp³-hybridized carbons (Fsp3) is 0.750. The van der Waals surface area contributed by atoms with Crippen LogP contribution in [0, 0.1) is 0 Å². The molecule has 142 valence electrons. The average molecular weight is 358 g/mol. The monoisotopic (exact) mass is 358 g/mol. The second-order valence-electron chi connectivity index (χ2n) is 8.40. The zero-order chi connectivity index (χ0) is 18.1. The van der Waals surface area contributed by atoms with Gasteiger partial charge >= 0.3 is 6.09 Å². The first kappa shape index (κ1) is 17.7. The number of amides is 1. The third-order valence-electron chi connectivity index (χ3n) is 6.35. The van der Waals surface area contributed by atoms with Crippen LogP contribution in [0.1, 0.15) is 70.4 Å². The molecule has 0 aromatic carbocycles. The molecule has 6 heteroatoms. The van der Waals surface area contributed by atoms with Crippen LogP contribution in [0.15, 0.2) is 12.4 Å². The Morgan fingerprint density at radius 1 is 1.12 bits per heavy atom. The van der Waals surface area contributed by atoms with Crippen molar-refractivity contribution in [2.24, 2.45) is 0 Å². The molecule has 0 atom stereocenters. The van der Waals surface area contributed by atoms with Crippen molar-refractivity contribution >= 4 is 11.9 Å². The number of aromatic nitrogens is 2. The second kappa shape index (κ2) is 7.14. The first-order chi connectivity index (χ1) is 12.6. The molecule has 0 unspecified atom stereocenters. The van der Waals surface area contributed by atoms with Gasteiger partial charge in [-0.1, -0.05) is 6.42 Å². The lowest BCUT2D eigenvalue weighted by Crippen LogP contribution is -2.38. The van der Waals surface area contributed by atoms with E-state index in [-0.39, 0.29) is 11.7 Å². The van der Waals surface area contributed by atoms with E-state index in [1.807, 2.05) is 6.20 Å². The fourth-order valence-corrected chi connectivity index (χ4v) is 4.65. The minimum atomic E-state index is -0.292. The van der Waals surface area contributed by atoms with Gasteiger partial charge in [-0.2, -0.15) is 0 Å². The SMILES string of the molecule is CC(C)N1CCC(c2cnc(N3CC4(CCCCC4)OC3=O)cn2)CC1. The first-order valence-electron chi connectivity index (χ1n) is 10.1. The number of likely N-dealkylation sites (tertiary alicyclic amines) is 1. The minimum absolute atomic E-state index is 0.265. The summed E-state index contributed by atoms with van der Waals surface area (Å²) in [5, 5.41) is 0. The number of rotatable bonds is 3. The molecule has 1 spiro atoms. The van der Waals surface area contributed by atoms with Gasteiger partial charge in [0.05, 0.1) is 24.6 Å². The van der Waals surface area contributed by atoms with Crippen LogP contribution in [0.4, 0.5) is 10.6 Å². The molecule has 1 aliphatic carbocycles. The Kier molecular flexibility index (Phi) is 4.86. The van der Waals surface area contributed by atoms with Gasteiger partial charge in [-0.3, -0.25) is 9.88 Å². The molecular weight excluding hydrogens is 328 g/mol. The van der Waals surface area contributed by atoms with E-state index in [2.05, 4.69) is 28.7 Å². The third-order valence-corrected chi connectivity index (χ3v) is 6.35. The van der Waals surface area contributed by atoms with Crippen molar-refractivity contribution in [3.8, 4) is 0 Å². The molecule has 2 aliphatic heterocycles. The van der Waals surface area contributed by atoms with Gasteiger partial charge in [0.15, 0.2) is 5.82 Å². The summed E-state index contributed by atoms with van der Waals surface area (Å²) in [6.07, 6.45) is 11.1. The van der Waals surface area contributed by atoms with E-state index in [9.17, 15) is 4.79 Å². The lowest BCUT2D eigenvalue weighted by molar-refractivity contribution is 0.0260. The highest BCUT2D eigenvalue weighted by atomic mass is 16.6. The van der Waals surface area contributed by atoms with Crippen molar-refractivity contribution in [1.82, 2.24) is 14.9 Å². The maximum Gasteiger partial charge on any atom is 0.416 e. The first-order valence-corrected chi connectivity index (χ1v) is 10.1. The Bertz CT molecular complexity index is 632. The standard InChI is InChI=1S/C20H30N4O2/c1-15(2)23-10-6-16(7-11-23)17-12-22-18(13-21-17)24-14-20(26-19(24)25)8-4-3-5-9-20/h12-13,15-16H,3-11,14H2,1-2H3. The van der Waals surface area contributed by atoms with Crippen LogP contribution < -0.4 is 4.90 Å². The molecule has 0 N–H and O–H groups in total. The van der Waals surface area contributed by atoms with E-state index >= 15 is 0 Å². The predicted molar refractivity (Wildman–Crippen MR) is 100 cm³/mol. The second-order valence-corrected chi connectivity index (χ2v) is 8.40. The molecule has 6 nitrogen and oxygen atoms in total. The molecule has 0 radical (unpaired) electrons. The topological polar surface area (TPSA) is 58.6 Å². The van der Waals surface area contributed by atoms with E-state index < -0.39 is 0 Å². The van der Waals surface area contributed by atoms with Crippen LogP contribution in [-0.2, 0) is 4.74 Å². The van der Waals surface area contributed by atoms with E-state index in [1.165, 1.54) is 6.42 Å². The summed E-state index contributed by atoms with van der Waals surface area (Å²) in [5.41, 5.74) is 0.761. The van der Waals surface area contributed by atoms with Gasteiger partial charge < -0.3 is 9.64 Å². The zero-order valence-electron chi connectivity index (χ0n) is 16.0. The minimum Gasteiger partial charge on any atom is -0.441 e. The fourth-order valence-electron chi connectivity index (χ4n) is 4.65. The summed E-state index contributed by atoms with van der Waals surface area (Å²) in [7, 11) is 0. The van der Waals surface area contributed by atoms with Gasteiger partial charge in [-0.05, 0) is 65.5 Å². The quantitative estimate of drug-likeness (QED) is 0.824. The summed E-state index contributed by atoms with van der Waals surface area (Å²) >= 11 is 0. The van der Waals surface area contributed by atoms with Gasteiger partial charge in [0.25, 0.3) is 0 Å². The lowest BCUT2D eigenvalue weighted by Gasteiger charge is -2.34. The van der Waals surface area contributed by atoms with Crippen molar-refractivity contribution in [2.75, 3.05) is 24.5 Å². The van der Waals surface area contributed by atoms with E-state index in [0.717, 1.165) is 57.3 Å². The van der Waals surface area contributed by atoms with E-state index in [4.69, 9.17) is 4.74 Å².